The van der Waals surface area contributed by atoms with E-state index in [0.29, 0.717) is 5.82 Å². The molecule has 0 spiro atoms. The van der Waals surface area contributed by atoms with Crippen molar-refractivity contribution in [3.05, 3.63) is 35.2 Å². The number of nitrogens with zero attached hydrogens (tertiary/aromatic N) is 4. The zero-order chi connectivity index (χ0) is 15.4. The Balaban J connectivity index is 2.15. The fourth-order valence-corrected chi connectivity index (χ4v) is 1.69. The zero-order valence-corrected chi connectivity index (χ0v) is 11.8. The average Bonchev–Trinajstić information content (AvgIpc) is 2.96. The molecular weight excluding hydrogens is 300 g/mol. The first-order valence-electron chi connectivity index (χ1n) is 6.10. The molecule has 2 aromatic heterocycles. The van der Waals surface area contributed by atoms with Crippen LogP contribution in [0, 0.1) is 0 Å². The molecule has 0 amide bonds. The van der Waals surface area contributed by atoms with Gasteiger partial charge in [-0.25, -0.2) is 9.48 Å². The summed E-state index contributed by atoms with van der Waals surface area (Å²) in [6.07, 6.45) is -0.397. The molecule has 2 unspecified atom stereocenters. The van der Waals surface area contributed by atoms with Gasteiger partial charge in [0.2, 0.25) is 0 Å². The molecule has 9 heteroatoms. The molecule has 2 heterocycles. The van der Waals surface area contributed by atoms with Crippen LogP contribution in [-0.4, -0.2) is 48.9 Å². The van der Waals surface area contributed by atoms with Gasteiger partial charge in [-0.3, -0.25) is 0 Å². The van der Waals surface area contributed by atoms with Crippen molar-refractivity contribution in [1.82, 2.24) is 20.0 Å². The van der Waals surface area contributed by atoms with Gasteiger partial charge in [0.1, 0.15) is 6.10 Å². The molecule has 0 aliphatic rings. The van der Waals surface area contributed by atoms with Gasteiger partial charge in [-0.15, -0.1) is 10.2 Å². The molecule has 0 aromatic carbocycles. The van der Waals surface area contributed by atoms with Crippen LogP contribution in [0.25, 0.3) is 5.82 Å². The van der Waals surface area contributed by atoms with Crippen molar-refractivity contribution in [3.63, 3.8) is 0 Å². The molecular formula is C12H13ClN4O4. The van der Waals surface area contributed by atoms with Crippen LogP contribution in [0.3, 0.4) is 0 Å². The summed E-state index contributed by atoms with van der Waals surface area (Å²) in [6, 6.07) is 3.12. The Morgan fingerprint density at radius 3 is 2.81 bits per heavy atom. The Morgan fingerprint density at radius 2 is 2.19 bits per heavy atom. The second kappa shape index (κ2) is 6.61. The summed E-state index contributed by atoms with van der Waals surface area (Å²) < 4.78 is 5.97. The minimum absolute atomic E-state index is 0.113. The number of halogens is 1. The molecule has 112 valence electrons. The van der Waals surface area contributed by atoms with Crippen LogP contribution in [0.4, 0.5) is 0 Å². The molecule has 0 aliphatic carbocycles. The quantitative estimate of drug-likeness (QED) is 0.762. The topological polar surface area (TPSA) is 110 Å². The van der Waals surface area contributed by atoms with Crippen molar-refractivity contribution < 1.29 is 19.7 Å². The van der Waals surface area contributed by atoms with E-state index in [2.05, 4.69) is 20.0 Å². The smallest absolute Gasteiger partial charge is 0.338 e. The van der Waals surface area contributed by atoms with E-state index in [-0.39, 0.29) is 17.3 Å². The van der Waals surface area contributed by atoms with Crippen molar-refractivity contribution >= 4 is 17.6 Å². The summed E-state index contributed by atoms with van der Waals surface area (Å²) in [5.74, 6) is -0.521. The number of carbonyl (C=O) groups is 1. The monoisotopic (exact) mass is 312 g/mol. The van der Waals surface area contributed by atoms with Crippen LogP contribution < -0.4 is 0 Å². The molecule has 2 rings (SSSR count). The Morgan fingerprint density at radius 1 is 1.43 bits per heavy atom. The van der Waals surface area contributed by atoms with E-state index in [1.807, 2.05) is 0 Å². The van der Waals surface area contributed by atoms with Gasteiger partial charge in [-0.05, 0) is 19.1 Å². The lowest BCUT2D eigenvalue weighted by atomic mass is 10.1. The van der Waals surface area contributed by atoms with Gasteiger partial charge in [0.15, 0.2) is 17.1 Å². The number of aliphatic hydroxyl groups excluding tert-OH is 2. The van der Waals surface area contributed by atoms with Gasteiger partial charge in [0.05, 0.1) is 12.8 Å². The summed E-state index contributed by atoms with van der Waals surface area (Å²) in [6.45, 7) is 1.72. The van der Waals surface area contributed by atoms with E-state index in [9.17, 15) is 15.0 Å². The maximum Gasteiger partial charge on any atom is 0.338 e. The maximum atomic E-state index is 11.4. The molecule has 2 aromatic rings. The predicted octanol–water partition coefficient (Wildman–Crippen LogP) is 0.273. The summed E-state index contributed by atoms with van der Waals surface area (Å²) in [5, 5.41) is 31.3. The van der Waals surface area contributed by atoms with Gasteiger partial charge in [0, 0.05) is 11.8 Å². The lowest BCUT2D eigenvalue weighted by molar-refractivity contribution is -0.159. The highest BCUT2D eigenvalue weighted by Gasteiger charge is 2.28. The van der Waals surface area contributed by atoms with Crippen LogP contribution in [0.2, 0.25) is 5.15 Å². The summed E-state index contributed by atoms with van der Waals surface area (Å²) in [7, 11) is 0. The van der Waals surface area contributed by atoms with Crippen molar-refractivity contribution in [3.8, 4) is 5.82 Å². The third kappa shape index (κ3) is 3.54. The highest BCUT2D eigenvalue weighted by atomic mass is 35.5. The second-order valence-electron chi connectivity index (χ2n) is 4.07. The molecule has 0 radical (unpaired) electrons. The van der Waals surface area contributed by atoms with Gasteiger partial charge < -0.3 is 14.9 Å². The number of aromatic nitrogens is 4. The second-order valence-corrected chi connectivity index (χ2v) is 4.46. The van der Waals surface area contributed by atoms with E-state index in [1.165, 1.54) is 23.1 Å². The van der Waals surface area contributed by atoms with Crippen LogP contribution in [0.5, 0.6) is 0 Å². The maximum absolute atomic E-state index is 11.4. The van der Waals surface area contributed by atoms with Crippen molar-refractivity contribution in [2.24, 2.45) is 0 Å². The van der Waals surface area contributed by atoms with E-state index >= 15 is 0 Å². The lowest BCUT2D eigenvalue weighted by Crippen LogP contribution is -2.29. The zero-order valence-electron chi connectivity index (χ0n) is 11.0. The Bertz CT molecular complexity index is 616. The third-order valence-electron chi connectivity index (χ3n) is 2.62. The minimum Gasteiger partial charge on any atom is -0.464 e. The van der Waals surface area contributed by atoms with E-state index in [0.717, 1.165) is 0 Å². The first kappa shape index (κ1) is 15.4. The third-order valence-corrected chi connectivity index (χ3v) is 2.83. The van der Waals surface area contributed by atoms with Crippen LogP contribution in [0.1, 0.15) is 18.6 Å². The highest BCUT2D eigenvalue weighted by Crippen LogP contribution is 2.18. The van der Waals surface area contributed by atoms with E-state index < -0.39 is 18.2 Å². The first-order chi connectivity index (χ1) is 10.0. The molecule has 0 fully saturated rings. The van der Waals surface area contributed by atoms with E-state index in [4.69, 9.17) is 11.6 Å². The molecule has 21 heavy (non-hydrogen) atoms. The normalized spacial score (nSPS) is 13.7. The minimum atomic E-state index is -1.68. The number of aliphatic hydroxyl groups is 2. The van der Waals surface area contributed by atoms with Crippen molar-refractivity contribution in [2.45, 2.75) is 19.1 Å². The largest absolute Gasteiger partial charge is 0.464 e. The van der Waals surface area contributed by atoms with Gasteiger partial charge in [-0.1, -0.05) is 11.6 Å². The number of carbonyl (C=O) groups excluding carboxylic acids is 1. The van der Waals surface area contributed by atoms with Gasteiger partial charge >= 0.3 is 5.97 Å². The number of hydrogen-bond acceptors (Lipinski definition) is 7. The number of ether oxygens (including phenoxy) is 1. The lowest BCUT2D eigenvalue weighted by Gasteiger charge is -2.14. The van der Waals surface area contributed by atoms with Gasteiger partial charge in [-0.2, -0.15) is 5.10 Å². The molecule has 8 nitrogen and oxygen atoms in total. The van der Waals surface area contributed by atoms with Gasteiger partial charge in [0.25, 0.3) is 0 Å². The number of hydrogen-bond donors (Lipinski definition) is 2. The Labute approximate surface area is 124 Å². The summed E-state index contributed by atoms with van der Waals surface area (Å²) in [5.41, 5.74) is 0.243. The van der Waals surface area contributed by atoms with Crippen LogP contribution in [0.15, 0.2) is 24.5 Å². The molecule has 0 aliphatic heterocycles. The Hall–Kier alpha value is -2.03. The number of esters is 1. The SMILES string of the molecule is CCOC(=O)C(O)C(O)c1cnn(-c2ccc(Cl)nn2)c1. The van der Waals surface area contributed by atoms with Crippen molar-refractivity contribution in [2.75, 3.05) is 6.61 Å². The number of rotatable bonds is 5. The fourth-order valence-electron chi connectivity index (χ4n) is 1.58. The molecule has 0 bridgehead atoms. The highest BCUT2D eigenvalue weighted by molar-refractivity contribution is 6.29. The average molecular weight is 313 g/mol. The van der Waals surface area contributed by atoms with Crippen molar-refractivity contribution in [1.29, 1.82) is 0 Å². The van der Waals surface area contributed by atoms with Crippen LogP contribution >= 0.6 is 11.6 Å². The first-order valence-corrected chi connectivity index (χ1v) is 6.47. The molecule has 0 saturated heterocycles. The van der Waals surface area contributed by atoms with E-state index in [1.54, 1.807) is 13.0 Å². The molecule has 0 saturated carbocycles. The molecule has 2 N–H and O–H groups in total. The molecule has 2 atom stereocenters. The fraction of sp³-hybridized carbons (Fsp3) is 0.333. The Kier molecular flexibility index (Phi) is 4.84. The van der Waals surface area contributed by atoms with Crippen LogP contribution in [-0.2, 0) is 9.53 Å². The summed E-state index contributed by atoms with van der Waals surface area (Å²) >= 11 is 5.63. The summed E-state index contributed by atoms with van der Waals surface area (Å²) in [4.78, 5) is 11.4. The standard InChI is InChI=1S/C12H13ClN4O4/c1-2-21-12(20)11(19)10(18)7-5-14-17(6-7)9-4-3-8(13)15-16-9/h3-6,10-11,18-19H,2H2,1H3. The predicted molar refractivity (Wildman–Crippen MR) is 71.8 cm³/mol.